The molecule has 0 aliphatic rings. The minimum atomic E-state index is -0.384. The van der Waals surface area contributed by atoms with Gasteiger partial charge in [0.1, 0.15) is 11.5 Å². The number of halogens is 1. The third-order valence-corrected chi connectivity index (χ3v) is 3.74. The van der Waals surface area contributed by atoms with Crippen LogP contribution in [-0.4, -0.2) is 21.7 Å². The van der Waals surface area contributed by atoms with Gasteiger partial charge in [-0.25, -0.2) is 9.97 Å². The van der Waals surface area contributed by atoms with Gasteiger partial charge in [0.15, 0.2) is 5.78 Å². The van der Waals surface area contributed by atoms with Gasteiger partial charge in [0, 0.05) is 22.0 Å². The second-order valence-electron chi connectivity index (χ2n) is 5.51. The van der Waals surface area contributed by atoms with E-state index in [-0.39, 0.29) is 17.4 Å². The van der Waals surface area contributed by atoms with Crippen LogP contribution in [0.1, 0.15) is 27.8 Å². The van der Waals surface area contributed by atoms with Crippen molar-refractivity contribution in [3.05, 3.63) is 77.2 Å². The summed E-state index contributed by atoms with van der Waals surface area (Å²) in [7, 11) is 0. The molecule has 0 spiro atoms. The van der Waals surface area contributed by atoms with E-state index in [1.807, 2.05) is 6.07 Å². The van der Waals surface area contributed by atoms with Crippen molar-refractivity contribution in [3.8, 4) is 0 Å². The quantitative estimate of drug-likeness (QED) is 0.656. The number of anilines is 3. The number of aromatic nitrogens is 2. The van der Waals surface area contributed by atoms with E-state index in [4.69, 9.17) is 11.6 Å². The molecule has 0 bridgehead atoms. The van der Waals surface area contributed by atoms with Gasteiger partial charge in [-0.15, -0.1) is 0 Å². The summed E-state index contributed by atoms with van der Waals surface area (Å²) < 4.78 is 0. The van der Waals surface area contributed by atoms with Gasteiger partial charge >= 0.3 is 0 Å². The van der Waals surface area contributed by atoms with Crippen molar-refractivity contribution in [2.75, 3.05) is 10.6 Å². The summed E-state index contributed by atoms with van der Waals surface area (Å²) in [5.41, 5.74) is 2.06. The van der Waals surface area contributed by atoms with Gasteiger partial charge in [-0.2, -0.15) is 0 Å². The van der Waals surface area contributed by atoms with Gasteiger partial charge in [0.25, 0.3) is 5.91 Å². The maximum Gasteiger partial charge on any atom is 0.275 e. The second-order valence-corrected chi connectivity index (χ2v) is 5.95. The highest BCUT2D eigenvalue weighted by Crippen LogP contribution is 2.17. The maximum atomic E-state index is 12.2. The number of hydrogen-bond acceptors (Lipinski definition) is 5. The predicted octanol–water partition coefficient (Wildman–Crippen LogP) is 4.33. The molecule has 6 nitrogen and oxygen atoms in total. The Hall–Kier alpha value is -3.25. The Morgan fingerprint density at radius 3 is 2.42 bits per heavy atom. The summed E-state index contributed by atoms with van der Waals surface area (Å²) >= 11 is 5.89. The molecule has 0 atom stereocenters. The van der Waals surface area contributed by atoms with Gasteiger partial charge < -0.3 is 10.6 Å². The average molecular weight is 367 g/mol. The van der Waals surface area contributed by atoms with Gasteiger partial charge in [0.05, 0.1) is 12.4 Å². The van der Waals surface area contributed by atoms with Crippen LogP contribution in [-0.2, 0) is 0 Å². The molecule has 3 rings (SSSR count). The number of amides is 1. The zero-order chi connectivity index (χ0) is 18.5. The van der Waals surface area contributed by atoms with Crippen LogP contribution in [0.5, 0.6) is 0 Å². The highest BCUT2D eigenvalue weighted by atomic mass is 35.5. The Labute approximate surface area is 155 Å². The molecule has 0 unspecified atom stereocenters. The monoisotopic (exact) mass is 366 g/mol. The van der Waals surface area contributed by atoms with Crippen LogP contribution in [0, 0.1) is 0 Å². The van der Waals surface area contributed by atoms with Crippen LogP contribution in [0.25, 0.3) is 0 Å². The topological polar surface area (TPSA) is 84.0 Å². The number of hydrogen-bond donors (Lipinski definition) is 2. The summed E-state index contributed by atoms with van der Waals surface area (Å²) in [6, 6.07) is 13.9. The van der Waals surface area contributed by atoms with E-state index in [1.54, 1.807) is 42.5 Å². The maximum absolute atomic E-state index is 12.2. The Bertz CT molecular complexity index is 958. The van der Waals surface area contributed by atoms with Crippen molar-refractivity contribution in [1.82, 2.24) is 9.97 Å². The molecule has 0 saturated heterocycles. The normalized spacial score (nSPS) is 10.2. The molecule has 130 valence electrons. The van der Waals surface area contributed by atoms with Crippen LogP contribution in [0.15, 0.2) is 60.9 Å². The molecule has 1 aromatic heterocycles. The number of carbonyl (C=O) groups excluding carboxylic acids is 2. The van der Waals surface area contributed by atoms with E-state index in [0.717, 1.165) is 0 Å². The van der Waals surface area contributed by atoms with Gasteiger partial charge in [-0.05, 0) is 37.3 Å². The van der Waals surface area contributed by atoms with Crippen LogP contribution in [0.4, 0.5) is 17.2 Å². The first-order valence-corrected chi connectivity index (χ1v) is 8.16. The minimum absolute atomic E-state index is 0.0206. The first-order chi connectivity index (χ1) is 12.5. The van der Waals surface area contributed by atoms with Crippen molar-refractivity contribution in [2.45, 2.75) is 6.92 Å². The van der Waals surface area contributed by atoms with E-state index in [0.29, 0.717) is 27.8 Å². The molecule has 2 aromatic carbocycles. The number of carbonyl (C=O) groups is 2. The first kappa shape index (κ1) is 17.6. The molecule has 2 N–H and O–H groups in total. The second kappa shape index (κ2) is 7.76. The fourth-order valence-corrected chi connectivity index (χ4v) is 2.43. The fraction of sp³-hybridized carbons (Fsp3) is 0.0526. The molecule has 0 fully saturated rings. The number of benzene rings is 2. The lowest BCUT2D eigenvalue weighted by Gasteiger charge is -2.08. The predicted molar refractivity (Wildman–Crippen MR) is 101 cm³/mol. The van der Waals surface area contributed by atoms with E-state index in [2.05, 4.69) is 20.6 Å². The van der Waals surface area contributed by atoms with Crippen LogP contribution >= 0.6 is 11.6 Å². The molecule has 1 amide bonds. The zero-order valence-electron chi connectivity index (χ0n) is 13.9. The smallest absolute Gasteiger partial charge is 0.275 e. The van der Waals surface area contributed by atoms with E-state index < -0.39 is 0 Å². The number of nitrogens with zero attached hydrogens (tertiary/aromatic N) is 2. The van der Waals surface area contributed by atoms with Crippen molar-refractivity contribution in [1.29, 1.82) is 0 Å². The summed E-state index contributed by atoms with van der Waals surface area (Å²) in [5.74, 6) is 0.0580. The van der Waals surface area contributed by atoms with Crippen molar-refractivity contribution < 1.29 is 9.59 Å². The van der Waals surface area contributed by atoms with Crippen LogP contribution in [0.2, 0.25) is 5.02 Å². The zero-order valence-corrected chi connectivity index (χ0v) is 14.6. The molecule has 7 heteroatoms. The van der Waals surface area contributed by atoms with Gasteiger partial charge in [-0.1, -0.05) is 29.8 Å². The first-order valence-electron chi connectivity index (χ1n) is 7.78. The number of Topliss-reactive ketones (excluding diaryl/α,β-unsaturated/α-hetero) is 1. The van der Waals surface area contributed by atoms with Crippen LogP contribution in [0.3, 0.4) is 0 Å². The van der Waals surface area contributed by atoms with Crippen molar-refractivity contribution in [3.63, 3.8) is 0 Å². The number of nitrogens with one attached hydrogen (secondary N) is 2. The van der Waals surface area contributed by atoms with E-state index in [1.165, 1.54) is 19.3 Å². The summed E-state index contributed by atoms with van der Waals surface area (Å²) in [6.45, 7) is 1.51. The molecule has 26 heavy (non-hydrogen) atoms. The standard InChI is InChI=1S/C19H15ClN4O2/c1-12(25)13-4-2-6-15(8-13)23-18-11-21-17(10-22-18)19(26)24-16-7-3-5-14(20)9-16/h2-11H,1H3,(H,22,23)(H,24,26). The minimum Gasteiger partial charge on any atom is -0.339 e. The largest absolute Gasteiger partial charge is 0.339 e. The molecule has 1 heterocycles. The summed E-state index contributed by atoms with van der Waals surface area (Å²) in [4.78, 5) is 31.9. The van der Waals surface area contributed by atoms with Crippen molar-refractivity contribution in [2.24, 2.45) is 0 Å². The lowest BCUT2D eigenvalue weighted by Crippen LogP contribution is -2.14. The average Bonchev–Trinajstić information content (AvgIpc) is 2.62. The molecule has 0 radical (unpaired) electrons. The molecule has 0 aliphatic heterocycles. The fourth-order valence-electron chi connectivity index (χ4n) is 2.24. The van der Waals surface area contributed by atoms with Crippen LogP contribution < -0.4 is 10.6 Å². The van der Waals surface area contributed by atoms with E-state index in [9.17, 15) is 9.59 Å². The highest BCUT2D eigenvalue weighted by Gasteiger charge is 2.09. The van der Waals surface area contributed by atoms with Gasteiger partial charge in [0.2, 0.25) is 0 Å². The Morgan fingerprint density at radius 1 is 0.962 bits per heavy atom. The third kappa shape index (κ3) is 4.43. The molecule has 3 aromatic rings. The lowest BCUT2D eigenvalue weighted by atomic mass is 10.1. The highest BCUT2D eigenvalue weighted by molar-refractivity contribution is 6.30. The molecular formula is C19H15ClN4O2. The molecule has 0 aliphatic carbocycles. The number of ketones is 1. The summed E-state index contributed by atoms with van der Waals surface area (Å²) in [6.07, 6.45) is 2.82. The third-order valence-electron chi connectivity index (χ3n) is 3.51. The Kier molecular flexibility index (Phi) is 5.24. The SMILES string of the molecule is CC(=O)c1cccc(Nc2cnc(C(=O)Nc3cccc(Cl)c3)cn2)c1. The molecular weight excluding hydrogens is 352 g/mol. The van der Waals surface area contributed by atoms with Gasteiger partial charge in [-0.3, -0.25) is 9.59 Å². The summed E-state index contributed by atoms with van der Waals surface area (Å²) in [5, 5.41) is 6.28. The molecule has 0 saturated carbocycles. The van der Waals surface area contributed by atoms with E-state index >= 15 is 0 Å². The Morgan fingerprint density at radius 2 is 1.73 bits per heavy atom. The number of rotatable bonds is 5. The Balaban J connectivity index is 1.69. The van der Waals surface area contributed by atoms with Crippen molar-refractivity contribution >= 4 is 40.5 Å². The lowest BCUT2D eigenvalue weighted by molar-refractivity contribution is 0.101.